The van der Waals surface area contributed by atoms with Gasteiger partial charge in [-0.2, -0.15) is 13.2 Å². The van der Waals surface area contributed by atoms with Crippen molar-refractivity contribution in [2.24, 2.45) is 0 Å². The Morgan fingerprint density at radius 3 is 2.27 bits per heavy atom. The highest BCUT2D eigenvalue weighted by Gasteiger charge is 2.34. The lowest BCUT2D eigenvalue weighted by atomic mass is 10.0. The van der Waals surface area contributed by atoms with Crippen LogP contribution in [-0.2, 0) is 6.18 Å². The van der Waals surface area contributed by atoms with Crippen LogP contribution in [0.3, 0.4) is 0 Å². The number of aromatic carboxylic acids is 1. The summed E-state index contributed by atoms with van der Waals surface area (Å²) in [5, 5.41) is 10.4. The van der Waals surface area contributed by atoms with Crippen molar-refractivity contribution in [3.63, 3.8) is 0 Å². The van der Waals surface area contributed by atoms with Crippen molar-refractivity contribution in [3.05, 3.63) is 34.6 Å². The standard InChI is InChI=1S/C9H6F4O2/c1-4-5(8(14)15)2-3-6(7(4)10)9(11,12)13/h2-3H,1H3,(H,14,15)/p-1. The number of benzene rings is 1. The predicted molar refractivity (Wildman–Crippen MR) is 40.5 cm³/mol. The van der Waals surface area contributed by atoms with Crippen LogP contribution >= 0.6 is 0 Å². The van der Waals surface area contributed by atoms with Gasteiger partial charge in [-0.3, -0.25) is 0 Å². The number of alkyl halides is 3. The third-order valence-electron chi connectivity index (χ3n) is 1.91. The van der Waals surface area contributed by atoms with E-state index in [1.807, 2.05) is 0 Å². The van der Waals surface area contributed by atoms with Gasteiger partial charge in [0.1, 0.15) is 5.82 Å². The Morgan fingerprint density at radius 2 is 1.87 bits per heavy atom. The molecule has 2 nitrogen and oxygen atoms in total. The molecule has 0 fully saturated rings. The van der Waals surface area contributed by atoms with Crippen LogP contribution in [0.15, 0.2) is 12.1 Å². The smallest absolute Gasteiger partial charge is 0.419 e. The first kappa shape index (κ1) is 11.5. The van der Waals surface area contributed by atoms with E-state index in [9.17, 15) is 27.5 Å². The molecule has 0 saturated heterocycles. The summed E-state index contributed by atoms with van der Waals surface area (Å²) in [5.74, 6) is -3.29. The predicted octanol–water partition coefficient (Wildman–Crippen LogP) is 1.52. The third kappa shape index (κ3) is 2.08. The highest BCUT2D eigenvalue weighted by molar-refractivity contribution is 5.87. The number of carbonyl (C=O) groups excluding carboxylic acids is 1. The van der Waals surface area contributed by atoms with Gasteiger partial charge in [0.15, 0.2) is 0 Å². The largest absolute Gasteiger partial charge is 0.545 e. The molecule has 0 N–H and O–H groups in total. The summed E-state index contributed by atoms with van der Waals surface area (Å²) in [6.45, 7) is 0.954. The molecule has 1 aromatic rings. The summed E-state index contributed by atoms with van der Waals surface area (Å²) < 4.78 is 49.6. The lowest BCUT2D eigenvalue weighted by Crippen LogP contribution is -2.24. The third-order valence-corrected chi connectivity index (χ3v) is 1.91. The zero-order valence-electron chi connectivity index (χ0n) is 7.48. The Balaban J connectivity index is 3.41. The number of hydrogen-bond donors (Lipinski definition) is 0. The molecule has 0 aromatic heterocycles. The van der Waals surface area contributed by atoms with Gasteiger partial charge in [0.2, 0.25) is 0 Å². The number of hydrogen-bond acceptors (Lipinski definition) is 2. The molecule has 15 heavy (non-hydrogen) atoms. The fraction of sp³-hybridized carbons (Fsp3) is 0.222. The average molecular weight is 221 g/mol. The monoisotopic (exact) mass is 221 g/mol. The van der Waals surface area contributed by atoms with E-state index in [0.717, 1.165) is 6.92 Å². The summed E-state index contributed by atoms with van der Waals surface area (Å²) in [5.41, 5.74) is -2.64. The van der Waals surface area contributed by atoms with Gasteiger partial charge >= 0.3 is 6.18 Å². The Morgan fingerprint density at radius 1 is 1.33 bits per heavy atom. The molecular weight excluding hydrogens is 216 g/mol. The number of halogens is 4. The average Bonchev–Trinajstić information content (AvgIpc) is 2.06. The molecule has 1 aromatic carbocycles. The van der Waals surface area contributed by atoms with Crippen LogP contribution in [0.25, 0.3) is 0 Å². The molecule has 0 spiro atoms. The maximum Gasteiger partial charge on any atom is 0.419 e. The van der Waals surface area contributed by atoms with Gasteiger partial charge in [-0.05, 0) is 18.6 Å². The second-order valence-corrected chi connectivity index (χ2v) is 2.88. The van der Waals surface area contributed by atoms with E-state index in [2.05, 4.69) is 0 Å². The van der Waals surface area contributed by atoms with E-state index >= 15 is 0 Å². The van der Waals surface area contributed by atoms with Crippen molar-refractivity contribution in [2.75, 3.05) is 0 Å². The lowest BCUT2D eigenvalue weighted by molar-refractivity contribution is -0.255. The van der Waals surface area contributed by atoms with Crippen LogP contribution < -0.4 is 5.11 Å². The number of carboxylic acid groups (broad SMARTS) is 1. The molecule has 1 rings (SSSR count). The zero-order chi connectivity index (χ0) is 11.8. The van der Waals surface area contributed by atoms with Gasteiger partial charge in [0.25, 0.3) is 0 Å². The maximum atomic E-state index is 13.1. The zero-order valence-corrected chi connectivity index (χ0v) is 7.48. The van der Waals surface area contributed by atoms with Crippen LogP contribution in [0.5, 0.6) is 0 Å². The Hall–Kier alpha value is -1.59. The van der Waals surface area contributed by atoms with Gasteiger partial charge in [0.05, 0.1) is 11.5 Å². The minimum absolute atomic E-state index is 0.382. The molecule has 0 aliphatic carbocycles. The topological polar surface area (TPSA) is 40.1 Å². The van der Waals surface area contributed by atoms with Crippen LogP contribution in [0, 0.1) is 12.7 Å². The van der Waals surface area contributed by atoms with Crippen LogP contribution in [0.4, 0.5) is 17.6 Å². The summed E-state index contributed by atoms with van der Waals surface area (Å²) >= 11 is 0. The number of carboxylic acids is 1. The first-order valence-electron chi connectivity index (χ1n) is 3.82. The second kappa shape index (κ2) is 3.52. The molecule has 0 amide bonds. The first-order valence-corrected chi connectivity index (χ1v) is 3.82. The van der Waals surface area contributed by atoms with E-state index in [1.54, 1.807) is 0 Å². The summed E-state index contributed by atoms with van der Waals surface area (Å²) in [6.07, 6.45) is -4.83. The Bertz CT molecular complexity index is 409. The molecule has 0 aliphatic heterocycles. The maximum absolute atomic E-state index is 13.1. The highest BCUT2D eigenvalue weighted by atomic mass is 19.4. The SMILES string of the molecule is Cc1c(C(=O)[O-])ccc(C(F)(F)F)c1F. The fourth-order valence-electron chi connectivity index (χ4n) is 1.13. The summed E-state index contributed by atoms with van der Waals surface area (Å²) in [7, 11) is 0. The molecule has 0 saturated carbocycles. The van der Waals surface area contributed by atoms with Crippen LogP contribution in [0.1, 0.15) is 21.5 Å². The van der Waals surface area contributed by atoms with E-state index in [-0.39, 0.29) is 0 Å². The minimum atomic E-state index is -4.83. The number of carbonyl (C=O) groups is 1. The van der Waals surface area contributed by atoms with Crippen molar-refractivity contribution in [2.45, 2.75) is 13.1 Å². The lowest BCUT2D eigenvalue weighted by Gasteiger charge is -2.13. The normalized spacial score (nSPS) is 11.5. The van der Waals surface area contributed by atoms with E-state index < -0.39 is 34.7 Å². The first-order chi connectivity index (χ1) is 6.75. The van der Waals surface area contributed by atoms with Crippen molar-refractivity contribution < 1.29 is 27.5 Å². The molecule has 82 valence electrons. The van der Waals surface area contributed by atoms with Crippen molar-refractivity contribution in [3.8, 4) is 0 Å². The van der Waals surface area contributed by atoms with Crippen LogP contribution in [0.2, 0.25) is 0 Å². The molecule has 0 unspecified atom stereocenters. The molecule has 6 heteroatoms. The second-order valence-electron chi connectivity index (χ2n) is 2.88. The van der Waals surface area contributed by atoms with Crippen molar-refractivity contribution >= 4 is 5.97 Å². The van der Waals surface area contributed by atoms with Gasteiger partial charge < -0.3 is 9.90 Å². The number of rotatable bonds is 1. The van der Waals surface area contributed by atoms with E-state index in [0.29, 0.717) is 12.1 Å². The molecule has 0 aliphatic rings. The summed E-state index contributed by atoms with van der Waals surface area (Å²) in [6, 6.07) is 1.06. The summed E-state index contributed by atoms with van der Waals surface area (Å²) in [4.78, 5) is 10.4. The molecule has 0 radical (unpaired) electrons. The molecule has 0 atom stereocenters. The highest BCUT2D eigenvalue weighted by Crippen LogP contribution is 2.33. The quantitative estimate of drug-likeness (QED) is 0.674. The van der Waals surface area contributed by atoms with Gasteiger partial charge in [0, 0.05) is 5.56 Å². The fourth-order valence-corrected chi connectivity index (χ4v) is 1.13. The Labute approximate surface area is 82.1 Å². The van der Waals surface area contributed by atoms with Gasteiger partial charge in [-0.25, -0.2) is 4.39 Å². The van der Waals surface area contributed by atoms with Crippen molar-refractivity contribution in [1.29, 1.82) is 0 Å². The molecule has 0 bridgehead atoms. The molecular formula is C9H5F4O2-. The van der Waals surface area contributed by atoms with Crippen LogP contribution in [-0.4, -0.2) is 5.97 Å². The van der Waals surface area contributed by atoms with E-state index in [4.69, 9.17) is 0 Å². The molecule has 0 heterocycles. The minimum Gasteiger partial charge on any atom is -0.545 e. The van der Waals surface area contributed by atoms with Gasteiger partial charge in [-0.1, -0.05) is 6.07 Å². The Kier molecular flexibility index (Phi) is 2.70. The van der Waals surface area contributed by atoms with Gasteiger partial charge in [-0.15, -0.1) is 0 Å². The van der Waals surface area contributed by atoms with Crippen molar-refractivity contribution in [1.82, 2.24) is 0 Å². The van der Waals surface area contributed by atoms with E-state index in [1.165, 1.54) is 0 Å².